The van der Waals surface area contributed by atoms with Crippen LogP contribution in [-0.4, -0.2) is 56.3 Å². The molecule has 0 bridgehead atoms. The molecular formula is C64H68N6O4. The van der Waals surface area contributed by atoms with Gasteiger partial charge in [0, 0.05) is 33.4 Å². The van der Waals surface area contributed by atoms with E-state index in [9.17, 15) is 0 Å². The number of hydrogen-bond acceptors (Lipinski definition) is 10. The lowest BCUT2D eigenvalue weighted by molar-refractivity contribution is 0.198. The molecule has 0 saturated heterocycles. The molecule has 0 radical (unpaired) electrons. The van der Waals surface area contributed by atoms with Crippen LogP contribution < -0.4 is 18.9 Å². The molecule has 2 aromatic heterocycles. The first-order valence-electron chi connectivity index (χ1n) is 25.5. The number of ether oxygens (including phenoxy) is 4. The van der Waals surface area contributed by atoms with Gasteiger partial charge in [-0.25, -0.2) is 29.9 Å². The van der Waals surface area contributed by atoms with Crippen LogP contribution in [0, 0.1) is 21.7 Å². The van der Waals surface area contributed by atoms with E-state index < -0.39 is 0 Å². The molecule has 10 heteroatoms. The summed E-state index contributed by atoms with van der Waals surface area (Å²) < 4.78 is 24.7. The maximum absolute atomic E-state index is 6.17. The number of nitrogens with zero attached hydrogens (tertiary/aromatic N) is 6. The fourth-order valence-corrected chi connectivity index (χ4v) is 8.10. The minimum Gasteiger partial charge on any atom is -0.493 e. The molecule has 0 fully saturated rings. The summed E-state index contributed by atoms with van der Waals surface area (Å²) in [6.45, 7) is 28.3. The number of fused-ring (bicyclic) bond motifs is 2. The van der Waals surface area contributed by atoms with Crippen molar-refractivity contribution in [3.8, 4) is 91.3 Å². The van der Waals surface area contributed by atoms with Gasteiger partial charge in [0.2, 0.25) is 0 Å². The predicted octanol–water partition coefficient (Wildman–Crippen LogP) is 16.1. The molecule has 0 amide bonds. The predicted molar refractivity (Wildman–Crippen MR) is 301 cm³/mol. The molecule has 378 valence electrons. The minimum absolute atomic E-state index is 0.0148. The Hall–Kier alpha value is -7.72. The minimum atomic E-state index is 0.0148. The average molecular weight is 985 g/mol. The van der Waals surface area contributed by atoms with Gasteiger partial charge >= 0.3 is 0 Å². The maximum atomic E-state index is 6.17. The SMILES string of the molecule is CC(C)(C)COc1ccc(-c2nc(-c3ccc(OCC(C)(C)C)cc3)nc(-c3c4ccccc4c(-c4nc(-c5ccc(OCC(C)(C)C)cc5)nc(-c5ccc(OCC(C)(C)C)cc5)n4)c4ccccc34)n2)cc1. The second-order valence-electron chi connectivity index (χ2n) is 23.9. The fourth-order valence-electron chi connectivity index (χ4n) is 8.10. The molecule has 9 aromatic rings. The van der Waals surface area contributed by atoms with Crippen molar-refractivity contribution >= 4 is 21.5 Å². The highest BCUT2D eigenvalue weighted by Crippen LogP contribution is 2.43. The van der Waals surface area contributed by atoms with Gasteiger partial charge in [-0.05, 0) is 140 Å². The third-order valence-electron chi connectivity index (χ3n) is 11.8. The van der Waals surface area contributed by atoms with Crippen molar-refractivity contribution in [1.82, 2.24) is 29.9 Å². The van der Waals surface area contributed by atoms with Crippen molar-refractivity contribution in [1.29, 1.82) is 0 Å². The summed E-state index contributed by atoms with van der Waals surface area (Å²) in [4.78, 5) is 31.5. The molecule has 7 aromatic carbocycles. The first-order chi connectivity index (χ1) is 35.1. The molecule has 0 aliphatic carbocycles. The number of rotatable bonds is 14. The van der Waals surface area contributed by atoms with Gasteiger partial charge in [-0.3, -0.25) is 0 Å². The lowest BCUT2D eigenvalue weighted by atomic mass is 9.90. The summed E-state index contributed by atoms with van der Waals surface area (Å²) in [5, 5.41) is 3.74. The number of aromatic nitrogens is 6. The quantitative estimate of drug-likeness (QED) is 0.0976. The van der Waals surface area contributed by atoms with Crippen LogP contribution in [0.15, 0.2) is 146 Å². The van der Waals surface area contributed by atoms with E-state index in [0.717, 1.165) is 77.9 Å². The van der Waals surface area contributed by atoms with E-state index >= 15 is 0 Å². The zero-order valence-corrected chi connectivity index (χ0v) is 45.0. The molecule has 74 heavy (non-hydrogen) atoms. The molecule has 0 unspecified atom stereocenters. The normalized spacial score (nSPS) is 12.3. The second kappa shape index (κ2) is 20.7. The van der Waals surface area contributed by atoms with Crippen LogP contribution in [0.5, 0.6) is 23.0 Å². The van der Waals surface area contributed by atoms with E-state index in [4.69, 9.17) is 48.9 Å². The smallest absolute Gasteiger partial charge is 0.165 e. The highest BCUT2D eigenvalue weighted by molar-refractivity contribution is 6.20. The zero-order valence-electron chi connectivity index (χ0n) is 45.0. The van der Waals surface area contributed by atoms with Gasteiger partial charge in [0.15, 0.2) is 34.9 Å². The molecule has 9 rings (SSSR count). The molecule has 0 saturated carbocycles. The van der Waals surface area contributed by atoms with E-state index in [1.807, 2.05) is 97.1 Å². The van der Waals surface area contributed by atoms with Gasteiger partial charge in [-0.2, -0.15) is 0 Å². The van der Waals surface area contributed by atoms with Gasteiger partial charge in [0.1, 0.15) is 23.0 Å². The van der Waals surface area contributed by atoms with Crippen LogP contribution in [0.3, 0.4) is 0 Å². The molecule has 10 nitrogen and oxygen atoms in total. The van der Waals surface area contributed by atoms with Crippen LogP contribution >= 0.6 is 0 Å². The Labute approximate surface area is 436 Å². The molecule has 0 atom stereocenters. The molecule has 2 heterocycles. The summed E-state index contributed by atoms with van der Waals surface area (Å²) in [5.41, 5.74) is 5.13. The van der Waals surface area contributed by atoms with Crippen molar-refractivity contribution in [2.24, 2.45) is 21.7 Å². The van der Waals surface area contributed by atoms with Crippen molar-refractivity contribution in [2.75, 3.05) is 26.4 Å². The van der Waals surface area contributed by atoms with E-state index in [-0.39, 0.29) is 21.7 Å². The summed E-state index contributed by atoms with van der Waals surface area (Å²) in [6.07, 6.45) is 0. The third kappa shape index (κ3) is 12.7. The fraction of sp³-hybridized carbons (Fsp3) is 0.312. The van der Waals surface area contributed by atoms with Crippen molar-refractivity contribution in [3.05, 3.63) is 146 Å². The Kier molecular flexibility index (Phi) is 14.3. The molecule has 0 N–H and O–H groups in total. The van der Waals surface area contributed by atoms with E-state index in [1.54, 1.807) is 0 Å². The van der Waals surface area contributed by atoms with Crippen LogP contribution in [0.25, 0.3) is 89.9 Å². The van der Waals surface area contributed by atoms with Gasteiger partial charge in [0.25, 0.3) is 0 Å². The van der Waals surface area contributed by atoms with E-state index in [1.165, 1.54) is 0 Å². The first kappa shape index (κ1) is 51.2. The van der Waals surface area contributed by atoms with Crippen molar-refractivity contribution in [2.45, 2.75) is 83.1 Å². The monoisotopic (exact) mass is 985 g/mol. The Bertz CT molecular complexity index is 2960. The standard InChI is InChI=1S/C64H68N6O4/c1-61(2,3)37-71-45-29-21-41(22-30-45)55-65-56(42-23-31-46(32-24-42)72-38-62(4,5)6)68-59(67-55)53-49-17-13-15-19-51(49)54(52-20-16-14-18-50(52)53)60-69-57(43-25-33-47(34-26-43)73-39-63(7,8)9)66-58(70-60)44-27-35-48(36-28-44)74-40-64(10,11)12/h13-36H,37-40H2,1-12H3. The Balaban J connectivity index is 1.21. The molecule has 0 spiro atoms. The maximum Gasteiger partial charge on any atom is 0.165 e. The first-order valence-corrected chi connectivity index (χ1v) is 25.5. The van der Waals surface area contributed by atoms with Crippen LogP contribution in [0.4, 0.5) is 0 Å². The van der Waals surface area contributed by atoms with Gasteiger partial charge in [-0.15, -0.1) is 0 Å². The van der Waals surface area contributed by atoms with Crippen LogP contribution in [-0.2, 0) is 0 Å². The Morgan fingerprint density at radius 3 is 0.635 bits per heavy atom. The van der Waals surface area contributed by atoms with Crippen LogP contribution in [0.2, 0.25) is 0 Å². The van der Waals surface area contributed by atoms with Crippen molar-refractivity contribution < 1.29 is 18.9 Å². The van der Waals surface area contributed by atoms with Gasteiger partial charge < -0.3 is 18.9 Å². The summed E-state index contributed by atoms with van der Waals surface area (Å²) in [7, 11) is 0. The summed E-state index contributed by atoms with van der Waals surface area (Å²) in [5.74, 6) is 6.34. The summed E-state index contributed by atoms with van der Waals surface area (Å²) >= 11 is 0. The van der Waals surface area contributed by atoms with E-state index in [2.05, 4.69) is 132 Å². The molecule has 0 aliphatic rings. The zero-order chi connectivity index (χ0) is 52.4. The molecule has 0 aliphatic heterocycles. The largest absolute Gasteiger partial charge is 0.493 e. The van der Waals surface area contributed by atoms with Crippen LogP contribution in [0.1, 0.15) is 83.1 Å². The third-order valence-corrected chi connectivity index (χ3v) is 11.8. The Morgan fingerprint density at radius 1 is 0.257 bits per heavy atom. The van der Waals surface area contributed by atoms with Gasteiger partial charge in [-0.1, -0.05) is 132 Å². The highest BCUT2D eigenvalue weighted by Gasteiger charge is 2.24. The van der Waals surface area contributed by atoms with E-state index in [0.29, 0.717) is 61.4 Å². The lowest BCUT2D eigenvalue weighted by Gasteiger charge is -2.19. The molecular weight excluding hydrogens is 917 g/mol. The second-order valence-corrected chi connectivity index (χ2v) is 23.9. The number of benzene rings is 7. The number of hydrogen-bond donors (Lipinski definition) is 0. The highest BCUT2D eigenvalue weighted by atomic mass is 16.5. The van der Waals surface area contributed by atoms with Crippen molar-refractivity contribution in [3.63, 3.8) is 0 Å². The summed E-state index contributed by atoms with van der Waals surface area (Å²) in [6, 6.07) is 48.6. The average Bonchev–Trinajstić information content (AvgIpc) is 3.37. The van der Waals surface area contributed by atoms with Gasteiger partial charge in [0.05, 0.1) is 26.4 Å². The topological polar surface area (TPSA) is 114 Å². The lowest BCUT2D eigenvalue weighted by Crippen LogP contribution is -2.16. The Morgan fingerprint density at radius 2 is 0.446 bits per heavy atom.